The number of hydrogen-bond donors (Lipinski definition) is 0. The summed E-state index contributed by atoms with van der Waals surface area (Å²) in [6.07, 6.45) is 0.877. The molecule has 0 aliphatic rings. The van der Waals surface area contributed by atoms with Gasteiger partial charge in [-0.05, 0) is 36.6 Å². The summed E-state index contributed by atoms with van der Waals surface area (Å²) in [5, 5.41) is 0. The van der Waals surface area contributed by atoms with Gasteiger partial charge in [0.25, 0.3) is 0 Å². The molecule has 0 atom stereocenters. The number of rotatable bonds is 3. The molecule has 0 saturated heterocycles. The number of carbonyl (C=O) groups is 1. The SMILES string of the molecule is COC(=O)c1ccc(Cc2ccc(C)cc2)cc1. The van der Waals surface area contributed by atoms with E-state index < -0.39 is 0 Å². The van der Waals surface area contributed by atoms with Gasteiger partial charge in [-0.25, -0.2) is 4.79 Å². The molecular formula is C16H16O2. The van der Waals surface area contributed by atoms with Crippen molar-refractivity contribution in [3.05, 3.63) is 70.8 Å². The van der Waals surface area contributed by atoms with Crippen LogP contribution in [-0.2, 0) is 11.2 Å². The molecule has 0 fully saturated rings. The quantitative estimate of drug-likeness (QED) is 0.769. The fourth-order valence-electron chi connectivity index (χ4n) is 1.82. The molecular weight excluding hydrogens is 224 g/mol. The molecule has 0 unspecified atom stereocenters. The van der Waals surface area contributed by atoms with Gasteiger partial charge >= 0.3 is 5.97 Å². The maximum Gasteiger partial charge on any atom is 0.337 e. The summed E-state index contributed by atoms with van der Waals surface area (Å²) in [6, 6.07) is 16.0. The summed E-state index contributed by atoms with van der Waals surface area (Å²) in [5.74, 6) is -0.295. The molecule has 0 aliphatic heterocycles. The first-order valence-electron chi connectivity index (χ1n) is 5.92. The monoisotopic (exact) mass is 240 g/mol. The van der Waals surface area contributed by atoms with Crippen LogP contribution in [0.2, 0.25) is 0 Å². The maximum atomic E-state index is 11.3. The van der Waals surface area contributed by atoms with Gasteiger partial charge in [-0.2, -0.15) is 0 Å². The van der Waals surface area contributed by atoms with Crippen molar-refractivity contribution in [3.63, 3.8) is 0 Å². The van der Waals surface area contributed by atoms with Crippen LogP contribution in [-0.4, -0.2) is 13.1 Å². The molecule has 18 heavy (non-hydrogen) atoms. The fraction of sp³-hybridized carbons (Fsp3) is 0.188. The van der Waals surface area contributed by atoms with E-state index in [0.29, 0.717) is 5.56 Å². The van der Waals surface area contributed by atoms with Crippen molar-refractivity contribution in [3.8, 4) is 0 Å². The largest absolute Gasteiger partial charge is 0.465 e. The van der Waals surface area contributed by atoms with Crippen LogP contribution >= 0.6 is 0 Å². The van der Waals surface area contributed by atoms with Crippen LogP contribution < -0.4 is 0 Å². The number of esters is 1. The van der Waals surface area contributed by atoms with Crippen molar-refractivity contribution >= 4 is 5.97 Å². The van der Waals surface area contributed by atoms with Gasteiger partial charge in [0.05, 0.1) is 12.7 Å². The second-order valence-electron chi connectivity index (χ2n) is 4.35. The molecule has 0 radical (unpaired) electrons. The van der Waals surface area contributed by atoms with Crippen LogP contribution in [0.25, 0.3) is 0 Å². The lowest BCUT2D eigenvalue weighted by molar-refractivity contribution is 0.0600. The molecule has 0 N–H and O–H groups in total. The van der Waals surface area contributed by atoms with E-state index in [1.807, 2.05) is 12.1 Å². The molecule has 0 aliphatic carbocycles. The van der Waals surface area contributed by atoms with E-state index in [1.54, 1.807) is 12.1 Å². The molecule has 2 aromatic carbocycles. The third-order valence-corrected chi connectivity index (χ3v) is 2.90. The topological polar surface area (TPSA) is 26.3 Å². The lowest BCUT2D eigenvalue weighted by atomic mass is 10.0. The number of methoxy groups -OCH3 is 1. The first-order chi connectivity index (χ1) is 8.69. The standard InChI is InChI=1S/C16H16O2/c1-12-3-5-13(6-4-12)11-14-7-9-15(10-8-14)16(17)18-2/h3-10H,11H2,1-2H3. The minimum atomic E-state index is -0.295. The summed E-state index contributed by atoms with van der Waals surface area (Å²) in [7, 11) is 1.39. The zero-order valence-corrected chi connectivity index (χ0v) is 10.6. The van der Waals surface area contributed by atoms with Crippen LogP contribution in [0.3, 0.4) is 0 Å². The second-order valence-corrected chi connectivity index (χ2v) is 4.35. The molecule has 2 nitrogen and oxygen atoms in total. The van der Waals surface area contributed by atoms with Crippen molar-refractivity contribution in [2.75, 3.05) is 7.11 Å². The normalized spacial score (nSPS) is 10.1. The number of ether oxygens (including phenoxy) is 1. The van der Waals surface area contributed by atoms with Crippen LogP contribution in [0.5, 0.6) is 0 Å². The van der Waals surface area contributed by atoms with Gasteiger partial charge in [0.15, 0.2) is 0 Å². The number of benzene rings is 2. The molecule has 0 bridgehead atoms. The molecule has 0 amide bonds. The average Bonchev–Trinajstić information content (AvgIpc) is 2.41. The minimum absolute atomic E-state index is 0.295. The summed E-state index contributed by atoms with van der Waals surface area (Å²) in [5.41, 5.74) is 4.31. The van der Waals surface area contributed by atoms with Gasteiger partial charge in [0.1, 0.15) is 0 Å². The predicted molar refractivity (Wildman–Crippen MR) is 71.8 cm³/mol. The van der Waals surface area contributed by atoms with Gasteiger partial charge < -0.3 is 4.74 Å². The fourth-order valence-corrected chi connectivity index (χ4v) is 1.82. The Morgan fingerprint density at radius 3 is 1.94 bits per heavy atom. The Morgan fingerprint density at radius 1 is 0.944 bits per heavy atom. The Kier molecular flexibility index (Phi) is 3.78. The van der Waals surface area contributed by atoms with Crippen LogP contribution in [0.1, 0.15) is 27.0 Å². The van der Waals surface area contributed by atoms with Crippen LogP contribution in [0.4, 0.5) is 0 Å². The molecule has 92 valence electrons. The van der Waals surface area contributed by atoms with E-state index in [1.165, 1.54) is 23.8 Å². The molecule has 2 aromatic rings. The Bertz CT molecular complexity index is 524. The van der Waals surface area contributed by atoms with E-state index in [0.717, 1.165) is 6.42 Å². The zero-order valence-electron chi connectivity index (χ0n) is 10.6. The van der Waals surface area contributed by atoms with E-state index in [4.69, 9.17) is 0 Å². The average molecular weight is 240 g/mol. The van der Waals surface area contributed by atoms with Crippen molar-refractivity contribution in [2.24, 2.45) is 0 Å². The summed E-state index contributed by atoms with van der Waals surface area (Å²) in [4.78, 5) is 11.3. The highest BCUT2D eigenvalue weighted by atomic mass is 16.5. The summed E-state index contributed by atoms with van der Waals surface area (Å²) in [6.45, 7) is 2.08. The molecule has 2 rings (SSSR count). The van der Waals surface area contributed by atoms with E-state index in [-0.39, 0.29) is 5.97 Å². The highest BCUT2D eigenvalue weighted by molar-refractivity contribution is 5.89. The summed E-state index contributed by atoms with van der Waals surface area (Å²) >= 11 is 0. The number of aryl methyl sites for hydroxylation is 1. The predicted octanol–water partition coefficient (Wildman–Crippen LogP) is 3.37. The van der Waals surface area contributed by atoms with Crippen molar-refractivity contribution in [1.29, 1.82) is 0 Å². The molecule has 0 aromatic heterocycles. The van der Waals surface area contributed by atoms with E-state index in [2.05, 4.69) is 35.9 Å². The van der Waals surface area contributed by atoms with Gasteiger partial charge in [-0.3, -0.25) is 0 Å². The Morgan fingerprint density at radius 2 is 1.44 bits per heavy atom. The molecule has 0 saturated carbocycles. The first kappa shape index (κ1) is 12.4. The van der Waals surface area contributed by atoms with Crippen LogP contribution in [0, 0.1) is 6.92 Å². The van der Waals surface area contributed by atoms with E-state index in [9.17, 15) is 4.79 Å². The number of carbonyl (C=O) groups excluding carboxylic acids is 1. The third kappa shape index (κ3) is 2.98. The lowest BCUT2D eigenvalue weighted by Crippen LogP contribution is -2.00. The minimum Gasteiger partial charge on any atom is -0.465 e. The van der Waals surface area contributed by atoms with Crippen molar-refractivity contribution in [2.45, 2.75) is 13.3 Å². The second kappa shape index (κ2) is 5.50. The smallest absolute Gasteiger partial charge is 0.337 e. The maximum absolute atomic E-state index is 11.3. The molecule has 0 heterocycles. The molecule has 2 heteroatoms. The van der Waals surface area contributed by atoms with Gasteiger partial charge in [0.2, 0.25) is 0 Å². The van der Waals surface area contributed by atoms with Crippen molar-refractivity contribution < 1.29 is 9.53 Å². The Hall–Kier alpha value is -2.09. The van der Waals surface area contributed by atoms with Crippen molar-refractivity contribution in [1.82, 2.24) is 0 Å². The highest BCUT2D eigenvalue weighted by Gasteiger charge is 2.04. The summed E-state index contributed by atoms with van der Waals surface area (Å²) < 4.78 is 4.67. The molecule has 0 spiro atoms. The zero-order chi connectivity index (χ0) is 13.0. The Balaban J connectivity index is 2.10. The highest BCUT2D eigenvalue weighted by Crippen LogP contribution is 2.12. The van der Waals surface area contributed by atoms with Gasteiger partial charge in [-0.15, -0.1) is 0 Å². The first-order valence-corrected chi connectivity index (χ1v) is 5.92. The van der Waals surface area contributed by atoms with Gasteiger partial charge in [0, 0.05) is 0 Å². The van der Waals surface area contributed by atoms with E-state index >= 15 is 0 Å². The third-order valence-electron chi connectivity index (χ3n) is 2.90. The van der Waals surface area contributed by atoms with Crippen LogP contribution in [0.15, 0.2) is 48.5 Å². The Labute approximate surface area is 107 Å². The lowest BCUT2D eigenvalue weighted by Gasteiger charge is -2.04. The number of hydrogen-bond acceptors (Lipinski definition) is 2. The van der Waals surface area contributed by atoms with Gasteiger partial charge in [-0.1, -0.05) is 42.0 Å².